The molecule has 3 nitrogen and oxygen atoms in total. The number of hydrogen-bond donors (Lipinski definition) is 2. The van der Waals surface area contributed by atoms with Crippen LogP contribution in [-0.2, 0) is 5.41 Å². The highest BCUT2D eigenvalue weighted by Crippen LogP contribution is 2.37. The van der Waals surface area contributed by atoms with Crippen LogP contribution in [0.4, 0.5) is 0 Å². The van der Waals surface area contributed by atoms with Crippen LogP contribution in [0.2, 0.25) is 0 Å². The Bertz CT molecular complexity index is 763. The molecule has 0 atom stereocenters. The van der Waals surface area contributed by atoms with Gasteiger partial charge in [0.2, 0.25) is 0 Å². The van der Waals surface area contributed by atoms with Crippen molar-refractivity contribution in [1.29, 1.82) is 0 Å². The van der Waals surface area contributed by atoms with Crippen molar-refractivity contribution in [2.45, 2.75) is 25.2 Å². The Hall–Kier alpha value is -2.94. The van der Waals surface area contributed by atoms with E-state index in [9.17, 15) is 10.2 Å². The zero-order chi connectivity index (χ0) is 18.4. The first-order chi connectivity index (χ1) is 12.6. The van der Waals surface area contributed by atoms with Gasteiger partial charge in [0, 0.05) is 5.41 Å². The summed E-state index contributed by atoms with van der Waals surface area (Å²) in [5, 5.41) is 19.2. The molecular formula is C23H24O3. The first kappa shape index (κ1) is 17.9. The SMILES string of the molecule is CC(CCCOc1ccccc1)(c1ccc(O)cc1)c1ccc(O)cc1. The first-order valence-electron chi connectivity index (χ1n) is 8.85. The van der Waals surface area contributed by atoms with Gasteiger partial charge in [-0.25, -0.2) is 0 Å². The lowest BCUT2D eigenvalue weighted by Gasteiger charge is -2.31. The van der Waals surface area contributed by atoms with Crippen molar-refractivity contribution in [3.63, 3.8) is 0 Å². The molecule has 0 saturated heterocycles. The largest absolute Gasteiger partial charge is 0.508 e. The molecule has 26 heavy (non-hydrogen) atoms. The van der Waals surface area contributed by atoms with Crippen molar-refractivity contribution in [1.82, 2.24) is 0 Å². The summed E-state index contributed by atoms with van der Waals surface area (Å²) in [6.07, 6.45) is 1.77. The topological polar surface area (TPSA) is 49.7 Å². The Morgan fingerprint density at radius 1 is 0.731 bits per heavy atom. The number of hydrogen-bond acceptors (Lipinski definition) is 3. The van der Waals surface area contributed by atoms with Gasteiger partial charge in [0.05, 0.1) is 6.61 Å². The lowest BCUT2D eigenvalue weighted by Crippen LogP contribution is -2.24. The van der Waals surface area contributed by atoms with Crippen LogP contribution in [0.25, 0.3) is 0 Å². The Morgan fingerprint density at radius 2 is 1.23 bits per heavy atom. The van der Waals surface area contributed by atoms with E-state index in [-0.39, 0.29) is 16.9 Å². The summed E-state index contributed by atoms with van der Waals surface area (Å²) in [5.41, 5.74) is 2.02. The molecular weight excluding hydrogens is 324 g/mol. The van der Waals surface area contributed by atoms with Crippen molar-refractivity contribution in [2.75, 3.05) is 6.61 Å². The van der Waals surface area contributed by atoms with E-state index in [1.54, 1.807) is 24.3 Å². The summed E-state index contributed by atoms with van der Waals surface area (Å²) in [6, 6.07) is 24.5. The van der Waals surface area contributed by atoms with E-state index in [4.69, 9.17) is 4.74 Å². The minimum absolute atomic E-state index is 0.235. The van der Waals surface area contributed by atoms with Crippen molar-refractivity contribution in [3.8, 4) is 17.2 Å². The van der Waals surface area contributed by atoms with Gasteiger partial charge in [0.25, 0.3) is 0 Å². The summed E-state index contributed by atoms with van der Waals surface area (Å²) in [5.74, 6) is 1.40. The lowest BCUT2D eigenvalue weighted by molar-refractivity contribution is 0.293. The van der Waals surface area contributed by atoms with E-state index < -0.39 is 0 Å². The van der Waals surface area contributed by atoms with Gasteiger partial charge in [-0.3, -0.25) is 0 Å². The van der Waals surface area contributed by atoms with Gasteiger partial charge in [0.1, 0.15) is 17.2 Å². The summed E-state index contributed by atoms with van der Waals surface area (Å²) in [4.78, 5) is 0. The molecule has 0 amide bonds. The zero-order valence-corrected chi connectivity index (χ0v) is 14.9. The Balaban J connectivity index is 1.76. The number of rotatable bonds is 7. The predicted octanol–water partition coefficient (Wildman–Crippen LogP) is 5.26. The second-order valence-corrected chi connectivity index (χ2v) is 6.69. The normalized spacial score (nSPS) is 11.3. The highest BCUT2D eigenvalue weighted by Gasteiger charge is 2.28. The monoisotopic (exact) mass is 348 g/mol. The van der Waals surface area contributed by atoms with Gasteiger partial charge in [-0.1, -0.05) is 49.4 Å². The maximum Gasteiger partial charge on any atom is 0.119 e. The number of benzene rings is 3. The maximum atomic E-state index is 9.62. The van der Waals surface area contributed by atoms with Gasteiger partial charge < -0.3 is 14.9 Å². The molecule has 134 valence electrons. The van der Waals surface area contributed by atoms with Crippen molar-refractivity contribution in [3.05, 3.63) is 90.0 Å². The molecule has 0 aromatic heterocycles. The summed E-state index contributed by atoms with van der Waals surface area (Å²) in [7, 11) is 0. The smallest absolute Gasteiger partial charge is 0.119 e. The fraction of sp³-hybridized carbons (Fsp3) is 0.217. The Kier molecular flexibility index (Phi) is 5.47. The maximum absolute atomic E-state index is 9.62. The first-order valence-corrected chi connectivity index (χ1v) is 8.85. The fourth-order valence-electron chi connectivity index (χ4n) is 3.25. The molecule has 0 aliphatic rings. The van der Waals surface area contributed by atoms with Crippen LogP contribution < -0.4 is 4.74 Å². The van der Waals surface area contributed by atoms with Crippen LogP contribution in [0.3, 0.4) is 0 Å². The molecule has 0 fully saturated rings. The van der Waals surface area contributed by atoms with Crippen LogP contribution in [0, 0.1) is 0 Å². The third-order valence-electron chi connectivity index (χ3n) is 4.84. The van der Waals surface area contributed by atoms with E-state index >= 15 is 0 Å². The number of phenols is 2. The number of aromatic hydroxyl groups is 2. The molecule has 0 unspecified atom stereocenters. The Morgan fingerprint density at radius 3 is 1.73 bits per heavy atom. The van der Waals surface area contributed by atoms with Crippen LogP contribution >= 0.6 is 0 Å². The second-order valence-electron chi connectivity index (χ2n) is 6.69. The molecule has 3 heteroatoms. The molecule has 0 radical (unpaired) electrons. The fourth-order valence-corrected chi connectivity index (χ4v) is 3.25. The Labute approximate surface area is 154 Å². The third kappa shape index (κ3) is 4.17. The summed E-state index contributed by atoms with van der Waals surface area (Å²) < 4.78 is 5.83. The van der Waals surface area contributed by atoms with E-state index in [0.29, 0.717) is 6.61 Å². The molecule has 0 spiro atoms. The molecule has 3 aromatic carbocycles. The molecule has 2 N–H and O–H groups in total. The predicted molar refractivity (Wildman–Crippen MR) is 104 cm³/mol. The van der Waals surface area contributed by atoms with E-state index in [1.165, 1.54) is 0 Å². The number of ether oxygens (including phenoxy) is 1. The van der Waals surface area contributed by atoms with Crippen LogP contribution in [0.5, 0.6) is 17.2 Å². The van der Waals surface area contributed by atoms with Crippen LogP contribution in [-0.4, -0.2) is 16.8 Å². The van der Waals surface area contributed by atoms with Crippen molar-refractivity contribution in [2.24, 2.45) is 0 Å². The summed E-state index contributed by atoms with van der Waals surface area (Å²) in [6.45, 7) is 2.82. The van der Waals surface area contributed by atoms with Gasteiger partial charge in [-0.05, 0) is 60.4 Å². The van der Waals surface area contributed by atoms with E-state index in [2.05, 4.69) is 6.92 Å². The van der Waals surface area contributed by atoms with Gasteiger partial charge in [-0.2, -0.15) is 0 Å². The molecule has 0 aliphatic heterocycles. The highest BCUT2D eigenvalue weighted by molar-refractivity contribution is 5.42. The average molecular weight is 348 g/mol. The van der Waals surface area contributed by atoms with E-state index in [0.717, 1.165) is 29.7 Å². The molecule has 0 heterocycles. The quantitative estimate of drug-likeness (QED) is 0.572. The van der Waals surface area contributed by atoms with Crippen molar-refractivity contribution >= 4 is 0 Å². The minimum Gasteiger partial charge on any atom is -0.508 e. The number of para-hydroxylation sites is 1. The van der Waals surface area contributed by atoms with Gasteiger partial charge in [-0.15, -0.1) is 0 Å². The molecule has 3 rings (SSSR count). The molecule has 0 saturated carbocycles. The minimum atomic E-state index is -0.235. The zero-order valence-electron chi connectivity index (χ0n) is 14.9. The molecule has 3 aromatic rings. The van der Waals surface area contributed by atoms with Crippen molar-refractivity contribution < 1.29 is 14.9 Å². The number of phenolic OH excluding ortho intramolecular Hbond substituents is 2. The van der Waals surface area contributed by atoms with Crippen LogP contribution in [0.1, 0.15) is 30.9 Å². The summed E-state index contributed by atoms with van der Waals surface area (Å²) >= 11 is 0. The lowest BCUT2D eigenvalue weighted by atomic mass is 9.73. The van der Waals surface area contributed by atoms with Gasteiger partial charge in [0.15, 0.2) is 0 Å². The molecule has 0 aliphatic carbocycles. The molecule has 0 bridgehead atoms. The van der Waals surface area contributed by atoms with Crippen LogP contribution in [0.15, 0.2) is 78.9 Å². The average Bonchev–Trinajstić information content (AvgIpc) is 2.67. The highest BCUT2D eigenvalue weighted by atomic mass is 16.5. The van der Waals surface area contributed by atoms with Gasteiger partial charge >= 0.3 is 0 Å². The van der Waals surface area contributed by atoms with E-state index in [1.807, 2.05) is 54.6 Å². The third-order valence-corrected chi connectivity index (χ3v) is 4.84. The standard InChI is InChI=1S/C23H24O3/c1-23(18-8-12-20(24)13-9-18,19-10-14-21(25)15-11-19)16-5-17-26-22-6-3-2-4-7-22/h2-4,6-15,24-25H,5,16-17H2,1H3. The second kappa shape index (κ2) is 7.96.